The van der Waals surface area contributed by atoms with Crippen molar-refractivity contribution in [2.75, 3.05) is 7.11 Å². The maximum Gasteiger partial charge on any atom is 0.126 e. The van der Waals surface area contributed by atoms with Crippen LogP contribution in [0.2, 0.25) is 0 Å². The topological polar surface area (TPSA) is 73.1 Å². The normalized spacial score (nSPS) is 11.1. The number of benzene rings is 3. The average molecular weight is 328 g/mol. The molecule has 3 rings (SSSR count). The number of fused-ring (bicyclic) bond motifs is 1. The second-order valence-corrected chi connectivity index (χ2v) is 5.44. The Morgan fingerprint density at radius 2 is 1.64 bits per heavy atom. The van der Waals surface area contributed by atoms with Gasteiger partial charge in [0.25, 0.3) is 0 Å². The van der Waals surface area contributed by atoms with Crippen LogP contribution in [0.25, 0.3) is 22.4 Å². The molecule has 4 nitrogen and oxygen atoms in total. The molecule has 0 bridgehead atoms. The Hall–Kier alpha value is -3.58. The number of hydrogen-bond donors (Lipinski definition) is 0. The number of carbonyl (C=O) groups is 1. The second kappa shape index (κ2) is 6.90. The maximum atomic E-state index is 10.8. The quantitative estimate of drug-likeness (QED) is 0.544. The number of rotatable bonds is 4. The van der Waals surface area contributed by atoms with Crippen molar-refractivity contribution in [3.63, 3.8) is 0 Å². The lowest BCUT2D eigenvalue weighted by Crippen LogP contribution is -2.21. The molecule has 4 heteroatoms. The van der Waals surface area contributed by atoms with Crippen molar-refractivity contribution in [1.82, 2.24) is 0 Å². The zero-order chi connectivity index (χ0) is 17.8. The van der Waals surface area contributed by atoms with Crippen LogP contribution in [0, 0.1) is 11.3 Å². The molecular weight excluding hydrogens is 314 g/mol. The third kappa shape index (κ3) is 3.22. The Morgan fingerprint density at radius 1 is 1.00 bits per heavy atom. The Labute approximate surface area is 145 Å². The second-order valence-electron chi connectivity index (χ2n) is 5.44. The van der Waals surface area contributed by atoms with Crippen LogP contribution < -0.4 is 9.84 Å². The van der Waals surface area contributed by atoms with Crippen molar-refractivity contribution >= 4 is 28.4 Å². The predicted octanol–water partition coefficient (Wildman–Crippen LogP) is 3.28. The van der Waals surface area contributed by atoms with Gasteiger partial charge in [-0.3, -0.25) is 0 Å². The standard InChI is InChI=1S/C21H15NO3/c1-25-20-11-10-16(18-4-2-3-5-19(18)20)12-17(13-22)14-6-8-15(9-7-14)21(23)24/h2-12H,1H3,(H,23,24)/p-1/b17-12+. The van der Waals surface area contributed by atoms with Crippen molar-refractivity contribution < 1.29 is 14.6 Å². The Bertz CT molecular complexity index is 1010. The van der Waals surface area contributed by atoms with Crippen LogP contribution in [0.3, 0.4) is 0 Å². The average Bonchev–Trinajstić information content (AvgIpc) is 2.66. The molecule has 0 aromatic heterocycles. The summed E-state index contributed by atoms with van der Waals surface area (Å²) in [5.74, 6) is -0.472. The highest BCUT2D eigenvalue weighted by molar-refractivity contribution is 6.00. The number of aromatic carboxylic acids is 1. The first-order valence-electron chi connectivity index (χ1n) is 7.63. The SMILES string of the molecule is COc1ccc(/C=C(\C#N)c2ccc(C(=O)[O-])cc2)c2ccccc12. The molecule has 0 aliphatic heterocycles. The molecule has 0 radical (unpaired) electrons. The third-order valence-electron chi connectivity index (χ3n) is 3.99. The molecule has 25 heavy (non-hydrogen) atoms. The van der Waals surface area contributed by atoms with Gasteiger partial charge in [0, 0.05) is 5.39 Å². The van der Waals surface area contributed by atoms with Gasteiger partial charge >= 0.3 is 0 Å². The number of nitriles is 1. The molecular formula is C21H14NO3-. The number of ether oxygens (including phenoxy) is 1. The largest absolute Gasteiger partial charge is 0.545 e. The van der Waals surface area contributed by atoms with E-state index in [1.54, 1.807) is 25.3 Å². The van der Waals surface area contributed by atoms with Crippen molar-refractivity contribution in [2.24, 2.45) is 0 Å². The van der Waals surface area contributed by atoms with Gasteiger partial charge in [0.05, 0.1) is 24.7 Å². The number of carboxylic acid groups (broad SMARTS) is 1. The molecule has 0 atom stereocenters. The molecule has 3 aromatic carbocycles. The molecule has 0 saturated carbocycles. The monoisotopic (exact) mass is 328 g/mol. The van der Waals surface area contributed by atoms with Crippen LogP contribution >= 0.6 is 0 Å². The summed E-state index contributed by atoms with van der Waals surface area (Å²) in [5, 5.41) is 22.3. The molecule has 0 fully saturated rings. The van der Waals surface area contributed by atoms with Gasteiger partial charge < -0.3 is 14.6 Å². The Morgan fingerprint density at radius 3 is 2.24 bits per heavy atom. The van der Waals surface area contributed by atoms with E-state index in [-0.39, 0.29) is 5.56 Å². The van der Waals surface area contributed by atoms with E-state index in [2.05, 4.69) is 6.07 Å². The van der Waals surface area contributed by atoms with E-state index in [4.69, 9.17) is 4.74 Å². The molecule has 0 heterocycles. The summed E-state index contributed by atoms with van der Waals surface area (Å²) < 4.78 is 5.39. The van der Waals surface area contributed by atoms with Gasteiger partial charge in [0.1, 0.15) is 5.75 Å². The first-order valence-corrected chi connectivity index (χ1v) is 7.63. The van der Waals surface area contributed by atoms with Crippen molar-refractivity contribution in [2.45, 2.75) is 0 Å². The molecule has 0 amide bonds. The van der Waals surface area contributed by atoms with E-state index in [1.165, 1.54) is 12.1 Å². The number of carboxylic acids is 1. The minimum atomic E-state index is -1.24. The van der Waals surface area contributed by atoms with E-state index in [9.17, 15) is 15.2 Å². The summed E-state index contributed by atoms with van der Waals surface area (Å²) in [5.41, 5.74) is 2.06. The van der Waals surface area contributed by atoms with Crippen molar-refractivity contribution in [3.05, 3.63) is 77.4 Å². The summed E-state index contributed by atoms with van der Waals surface area (Å²) in [4.78, 5) is 10.8. The lowest BCUT2D eigenvalue weighted by Gasteiger charge is -2.09. The fraction of sp³-hybridized carbons (Fsp3) is 0.0476. The van der Waals surface area contributed by atoms with E-state index in [0.717, 1.165) is 22.1 Å². The van der Waals surface area contributed by atoms with E-state index in [1.807, 2.05) is 36.4 Å². The van der Waals surface area contributed by atoms with E-state index >= 15 is 0 Å². The number of allylic oxidation sites excluding steroid dienone is 1. The van der Waals surface area contributed by atoms with Gasteiger partial charge in [-0.15, -0.1) is 0 Å². The van der Waals surface area contributed by atoms with Crippen LogP contribution in [0.15, 0.2) is 60.7 Å². The highest BCUT2D eigenvalue weighted by atomic mass is 16.5. The van der Waals surface area contributed by atoms with E-state index in [0.29, 0.717) is 11.1 Å². The minimum Gasteiger partial charge on any atom is -0.545 e. The number of hydrogen-bond acceptors (Lipinski definition) is 4. The molecule has 0 aliphatic rings. The fourth-order valence-electron chi connectivity index (χ4n) is 2.72. The number of carbonyl (C=O) groups excluding carboxylic acids is 1. The lowest BCUT2D eigenvalue weighted by atomic mass is 9.98. The molecule has 0 spiro atoms. The summed E-state index contributed by atoms with van der Waals surface area (Å²) >= 11 is 0. The van der Waals surface area contributed by atoms with Gasteiger partial charge in [0.15, 0.2) is 0 Å². The van der Waals surface area contributed by atoms with Crippen molar-refractivity contribution in [1.29, 1.82) is 5.26 Å². The summed E-state index contributed by atoms with van der Waals surface area (Å²) in [6, 6.07) is 19.8. The zero-order valence-electron chi connectivity index (χ0n) is 13.5. The smallest absolute Gasteiger partial charge is 0.126 e. The lowest BCUT2D eigenvalue weighted by molar-refractivity contribution is -0.255. The summed E-state index contributed by atoms with van der Waals surface area (Å²) in [7, 11) is 1.62. The van der Waals surface area contributed by atoms with Gasteiger partial charge in [-0.1, -0.05) is 54.6 Å². The fourth-order valence-corrected chi connectivity index (χ4v) is 2.72. The van der Waals surface area contributed by atoms with Crippen LogP contribution in [0.5, 0.6) is 5.75 Å². The van der Waals surface area contributed by atoms with Gasteiger partial charge in [0.2, 0.25) is 0 Å². The van der Waals surface area contributed by atoms with Crippen molar-refractivity contribution in [3.8, 4) is 11.8 Å². The molecule has 122 valence electrons. The first-order chi connectivity index (χ1) is 12.1. The minimum absolute atomic E-state index is 0.0796. The van der Waals surface area contributed by atoms with Gasteiger partial charge in [-0.25, -0.2) is 0 Å². The number of nitrogens with zero attached hydrogens (tertiary/aromatic N) is 1. The molecule has 0 saturated heterocycles. The van der Waals surface area contributed by atoms with Gasteiger partial charge in [-0.2, -0.15) is 5.26 Å². The van der Waals surface area contributed by atoms with Gasteiger partial charge in [-0.05, 0) is 34.2 Å². The molecule has 0 N–H and O–H groups in total. The van der Waals surface area contributed by atoms with Crippen LogP contribution in [-0.2, 0) is 0 Å². The molecule has 0 unspecified atom stereocenters. The third-order valence-corrected chi connectivity index (χ3v) is 3.99. The maximum absolute atomic E-state index is 10.8. The first kappa shape index (κ1) is 16.3. The van der Waals surface area contributed by atoms with Crippen LogP contribution in [-0.4, -0.2) is 13.1 Å². The van der Waals surface area contributed by atoms with Crippen LogP contribution in [0.4, 0.5) is 0 Å². The Balaban J connectivity index is 2.11. The van der Waals surface area contributed by atoms with Crippen LogP contribution in [0.1, 0.15) is 21.5 Å². The zero-order valence-corrected chi connectivity index (χ0v) is 13.5. The predicted molar refractivity (Wildman–Crippen MR) is 94.8 cm³/mol. The highest BCUT2D eigenvalue weighted by Crippen LogP contribution is 2.30. The molecule has 0 aliphatic carbocycles. The van der Waals surface area contributed by atoms with E-state index < -0.39 is 5.97 Å². The Kier molecular flexibility index (Phi) is 4.49. The summed E-state index contributed by atoms with van der Waals surface area (Å²) in [6.45, 7) is 0. The number of methoxy groups -OCH3 is 1. The summed E-state index contributed by atoms with van der Waals surface area (Å²) in [6.07, 6.45) is 1.79. The highest BCUT2D eigenvalue weighted by Gasteiger charge is 2.07. The molecule has 3 aromatic rings.